The minimum atomic E-state index is -0.863. The fourth-order valence-electron chi connectivity index (χ4n) is 4.31. The van der Waals surface area contributed by atoms with Crippen LogP contribution in [0.2, 0.25) is 0 Å². The maximum atomic E-state index is 13.9. The van der Waals surface area contributed by atoms with Crippen LogP contribution in [0.25, 0.3) is 6.08 Å². The van der Waals surface area contributed by atoms with E-state index in [2.05, 4.69) is 9.73 Å². The van der Waals surface area contributed by atoms with Crippen molar-refractivity contribution in [3.63, 3.8) is 0 Å². The Kier molecular flexibility index (Phi) is 9.77. The molecule has 2 heterocycles. The fourth-order valence-corrected chi connectivity index (χ4v) is 5.36. The minimum absolute atomic E-state index is 0.0660. The van der Waals surface area contributed by atoms with Crippen molar-refractivity contribution >= 4 is 29.4 Å². The third-order valence-corrected chi connectivity index (χ3v) is 7.14. The summed E-state index contributed by atoms with van der Waals surface area (Å²) in [5, 5.41) is 8.71. The van der Waals surface area contributed by atoms with E-state index in [-0.39, 0.29) is 31.0 Å². The van der Waals surface area contributed by atoms with E-state index in [0.29, 0.717) is 44.4 Å². The van der Waals surface area contributed by atoms with Gasteiger partial charge < -0.3 is 23.7 Å². The molecule has 11 nitrogen and oxygen atoms in total. The van der Waals surface area contributed by atoms with Crippen LogP contribution in [0.15, 0.2) is 63.5 Å². The Hall–Kier alpha value is -4.89. The van der Waals surface area contributed by atoms with Crippen LogP contribution >= 0.6 is 11.3 Å². The number of hydrogen-bond donors (Lipinski definition) is 0. The molecule has 0 aliphatic carbocycles. The molecular formula is C30H29N3O8S. The van der Waals surface area contributed by atoms with Gasteiger partial charge in [-0.3, -0.25) is 9.36 Å². The number of benzene rings is 2. The van der Waals surface area contributed by atoms with Crippen molar-refractivity contribution in [2.75, 3.05) is 33.5 Å². The monoisotopic (exact) mass is 591 g/mol. The molecule has 0 radical (unpaired) electrons. The van der Waals surface area contributed by atoms with E-state index in [1.807, 2.05) is 6.07 Å². The first-order valence-corrected chi connectivity index (χ1v) is 13.9. The quantitative estimate of drug-likeness (QED) is 0.308. The van der Waals surface area contributed by atoms with Crippen LogP contribution in [0.3, 0.4) is 0 Å². The van der Waals surface area contributed by atoms with Crippen molar-refractivity contribution < 1.29 is 33.3 Å². The van der Waals surface area contributed by atoms with Crippen molar-refractivity contribution in [1.29, 1.82) is 5.26 Å². The summed E-state index contributed by atoms with van der Waals surface area (Å²) in [6.45, 7) is 5.28. The lowest BCUT2D eigenvalue weighted by Gasteiger charge is -2.25. The largest absolute Gasteiger partial charge is 0.490 e. The van der Waals surface area contributed by atoms with E-state index in [9.17, 15) is 14.4 Å². The summed E-state index contributed by atoms with van der Waals surface area (Å²) in [7, 11) is 1.26. The topological polar surface area (TPSA) is 138 Å². The summed E-state index contributed by atoms with van der Waals surface area (Å²) in [5.41, 5.74) is 1.61. The second kappa shape index (κ2) is 13.6. The van der Waals surface area contributed by atoms with Crippen LogP contribution in [-0.2, 0) is 19.1 Å². The molecule has 0 saturated carbocycles. The molecule has 3 aromatic rings. The van der Waals surface area contributed by atoms with Gasteiger partial charge in [0.1, 0.15) is 11.8 Å². The molecule has 1 aliphatic heterocycles. The summed E-state index contributed by atoms with van der Waals surface area (Å²) in [6, 6.07) is 13.0. The molecule has 0 amide bonds. The SMILES string of the molecule is CCOC(=O)C1=C(C)N=c2s/c(=C\c3ccc(OCC#N)cc3)c(=O)n2[C@H]1c1ccc(OCC(=O)OC)c(OCC)c1. The molecule has 0 spiro atoms. The van der Waals surface area contributed by atoms with E-state index < -0.39 is 18.0 Å². The van der Waals surface area contributed by atoms with Gasteiger partial charge >= 0.3 is 11.9 Å². The number of fused-ring (bicyclic) bond motifs is 1. The number of nitrogens with zero attached hydrogens (tertiary/aromatic N) is 3. The molecule has 218 valence electrons. The standard InChI is InChI=1S/C30H29N3O8S/c1-5-38-23-16-20(9-12-22(23)41-17-25(34)37-4)27-26(29(36)39-6-2)18(3)32-30-33(27)28(35)24(42-30)15-19-7-10-21(11-8-19)40-14-13-31/h7-12,15-16,27H,5-6,14,17H2,1-4H3/b24-15-/t27-/m0/s1. The summed E-state index contributed by atoms with van der Waals surface area (Å²) >= 11 is 1.20. The molecule has 1 aromatic heterocycles. The van der Waals surface area contributed by atoms with Gasteiger partial charge in [0.15, 0.2) is 29.5 Å². The van der Waals surface area contributed by atoms with E-state index >= 15 is 0 Å². The number of hydrogen-bond acceptors (Lipinski definition) is 11. The number of aromatic nitrogens is 1. The number of esters is 2. The fraction of sp³-hybridized carbons (Fsp3) is 0.300. The van der Waals surface area contributed by atoms with Crippen LogP contribution in [-0.4, -0.2) is 50.0 Å². The van der Waals surface area contributed by atoms with Gasteiger partial charge in [0.05, 0.1) is 42.2 Å². The maximum Gasteiger partial charge on any atom is 0.343 e. The summed E-state index contributed by atoms with van der Waals surface area (Å²) in [4.78, 5) is 43.7. The molecule has 4 rings (SSSR count). The zero-order chi connectivity index (χ0) is 30.2. The highest BCUT2D eigenvalue weighted by Crippen LogP contribution is 2.36. The van der Waals surface area contributed by atoms with Gasteiger partial charge in [0.2, 0.25) is 0 Å². The maximum absolute atomic E-state index is 13.9. The highest BCUT2D eigenvalue weighted by molar-refractivity contribution is 7.07. The number of carbonyl (C=O) groups is 2. The lowest BCUT2D eigenvalue weighted by atomic mass is 9.95. The molecule has 0 unspecified atom stereocenters. The molecule has 0 N–H and O–H groups in total. The van der Waals surface area contributed by atoms with E-state index in [1.54, 1.807) is 69.3 Å². The van der Waals surface area contributed by atoms with Crippen molar-refractivity contribution in [1.82, 2.24) is 4.57 Å². The van der Waals surface area contributed by atoms with Gasteiger partial charge in [-0.25, -0.2) is 14.6 Å². The summed E-state index contributed by atoms with van der Waals surface area (Å²) in [5.74, 6) is 0.0293. The predicted octanol–water partition coefficient (Wildman–Crippen LogP) is 2.65. The van der Waals surface area contributed by atoms with E-state index in [1.165, 1.54) is 23.0 Å². The zero-order valence-electron chi connectivity index (χ0n) is 23.5. The number of methoxy groups -OCH3 is 1. The Balaban J connectivity index is 1.84. The third-order valence-electron chi connectivity index (χ3n) is 6.15. The van der Waals surface area contributed by atoms with Crippen molar-refractivity contribution in [3.05, 3.63) is 84.5 Å². The number of thiazole rings is 1. The van der Waals surface area contributed by atoms with Gasteiger partial charge in [0.25, 0.3) is 5.56 Å². The average Bonchev–Trinajstić information content (AvgIpc) is 3.29. The van der Waals surface area contributed by atoms with Crippen molar-refractivity contribution in [2.45, 2.75) is 26.8 Å². The molecule has 0 bridgehead atoms. The van der Waals surface area contributed by atoms with Gasteiger partial charge in [-0.15, -0.1) is 0 Å². The van der Waals surface area contributed by atoms with E-state index in [4.69, 9.17) is 24.2 Å². The molecule has 42 heavy (non-hydrogen) atoms. The second-order valence-electron chi connectivity index (χ2n) is 8.82. The molecule has 1 aliphatic rings. The number of ether oxygens (including phenoxy) is 5. The molecular weight excluding hydrogens is 562 g/mol. The molecule has 0 saturated heterocycles. The van der Waals surface area contributed by atoms with Crippen LogP contribution in [0.4, 0.5) is 0 Å². The number of nitriles is 1. The lowest BCUT2D eigenvalue weighted by Crippen LogP contribution is -2.40. The van der Waals surface area contributed by atoms with Gasteiger partial charge in [0, 0.05) is 0 Å². The molecule has 2 aromatic carbocycles. The first-order valence-electron chi connectivity index (χ1n) is 13.1. The highest BCUT2D eigenvalue weighted by Gasteiger charge is 2.34. The van der Waals surface area contributed by atoms with Gasteiger partial charge in [-0.1, -0.05) is 29.5 Å². The zero-order valence-corrected chi connectivity index (χ0v) is 24.4. The second-order valence-corrected chi connectivity index (χ2v) is 9.83. The summed E-state index contributed by atoms with van der Waals surface area (Å²) < 4.78 is 28.6. The molecule has 1 atom stereocenters. The third kappa shape index (κ3) is 6.53. The van der Waals surface area contributed by atoms with Crippen LogP contribution in [0, 0.1) is 11.3 Å². The van der Waals surface area contributed by atoms with E-state index in [0.717, 1.165) is 5.56 Å². The van der Waals surface area contributed by atoms with Crippen LogP contribution < -0.4 is 29.1 Å². The lowest BCUT2D eigenvalue weighted by molar-refractivity contribution is -0.143. The molecule has 0 fully saturated rings. The normalized spacial score (nSPS) is 14.4. The Morgan fingerprint density at radius 1 is 1.07 bits per heavy atom. The smallest absolute Gasteiger partial charge is 0.343 e. The number of rotatable bonds is 11. The van der Waals surface area contributed by atoms with Crippen molar-refractivity contribution in [2.24, 2.45) is 4.99 Å². The Bertz CT molecular complexity index is 1730. The van der Waals surface area contributed by atoms with Gasteiger partial charge in [-0.05, 0) is 62.2 Å². The van der Waals surface area contributed by atoms with Crippen molar-refractivity contribution in [3.8, 4) is 23.3 Å². The van der Waals surface area contributed by atoms with Crippen LogP contribution in [0.5, 0.6) is 17.2 Å². The minimum Gasteiger partial charge on any atom is -0.490 e. The average molecular weight is 592 g/mol. The highest BCUT2D eigenvalue weighted by atomic mass is 32.1. The van der Waals surface area contributed by atoms with Gasteiger partial charge in [-0.2, -0.15) is 5.26 Å². The van der Waals surface area contributed by atoms with Crippen LogP contribution in [0.1, 0.15) is 37.9 Å². The Morgan fingerprint density at radius 3 is 2.50 bits per heavy atom. The Morgan fingerprint density at radius 2 is 1.83 bits per heavy atom. The number of carbonyl (C=O) groups excluding carboxylic acids is 2. The Labute approximate surface area is 245 Å². The molecule has 12 heteroatoms. The predicted molar refractivity (Wildman–Crippen MR) is 153 cm³/mol. The summed E-state index contributed by atoms with van der Waals surface area (Å²) in [6.07, 6.45) is 1.73. The first kappa shape index (κ1) is 30.1. The number of allylic oxidation sites excluding steroid dienone is 1. The first-order chi connectivity index (χ1) is 20.3.